The Labute approximate surface area is 119 Å². The molecule has 20 heavy (non-hydrogen) atoms. The van der Waals surface area contributed by atoms with E-state index in [0.29, 0.717) is 12.4 Å². The Morgan fingerprint density at radius 3 is 2.95 bits per heavy atom. The summed E-state index contributed by atoms with van der Waals surface area (Å²) in [6.07, 6.45) is 0. The van der Waals surface area contributed by atoms with Crippen LogP contribution in [-0.2, 0) is 0 Å². The van der Waals surface area contributed by atoms with Crippen molar-refractivity contribution >= 4 is 11.8 Å². The molecule has 1 aromatic rings. The van der Waals surface area contributed by atoms with Crippen LogP contribution in [-0.4, -0.2) is 31.0 Å². The van der Waals surface area contributed by atoms with Crippen LogP contribution in [0.25, 0.3) is 0 Å². The van der Waals surface area contributed by atoms with Crippen molar-refractivity contribution in [2.45, 2.75) is 18.5 Å². The molecule has 7 heteroatoms. The van der Waals surface area contributed by atoms with Gasteiger partial charge < -0.3 is 14.8 Å². The van der Waals surface area contributed by atoms with E-state index in [-0.39, 0.29) is 30.2 Å². The van der Waals surface area contributed by atoms with E-state index in [2.05, 4.69) is 5.32 Å². The number of rotatable bonds is 6. The summed E-state index contributed by atoms with van der Waals surface area (Å²) in [5.74, 6) is 1.14. The number of hydrogen-bond acceptors (Lipinski definition) is 4. The van der Waals surface area contributed by atoms with E-state index in [0.717, 1.165) is 17.9 Å². The lowest BCUT2D eigenvalue weighted by atomic mass is 10.1. The molecule has 112 valence electrons. The lowest BCUT2D eigenvalue weighted by Crippen LogP contribution is -2.21. The van der Waals surface area contributed by atoms with E-state index >= 15 is 0 Å². The molecule has 1 aromatic carbocycles. The Morgan fingerprint density at radius 1 is 1.45 bits per heavy atom. The predicted molar refractivity (Wildman–Crippen MR) is 72.4 cm³/mol. The van der Waals surface area contributed by atoms with Crippen LogP contribution in [0, 0.1) is 0 Å². The Bertz CT molecular complexity index is 454. The summed E-state index contributed by atoms with van der Waals surface area (Å²) in [7, 11) is 0. The molecule has 1 aliphatic heterocycles. The van der Waals surface area contributed by atoms with Crippen molar-refractivity contribution in [1.29, 1.82) is 0 Å². The van der Waals surface area contributed by atoms with Crippen molar-refractivity contribution in [2.24, 2.45) is 0 Å². The fourth-order valence-electron chi connectivity index (χ4n) is 2.01. The number of benzene rings is 1. The van der Waals surface area contributed by atoms with E-state index < -0.39 is 5.51 Å². The highest BCUT2D eigenvalue weighted by atomic mass is 32.2. The minimum absolute atomic E-state index is 0.0135. The Hall–Kier alpha value is -1.08. The van der Waals surface area contributed by atoms with Gasteiger partial charge >= 0.3 is 5.51 Å². The van der Waals surface area contributed by atoms with Gasteiger partial charge in [0.05, 0.1) is 12.6 Å². The van der Waals surface area contributed by atoms with Crippen LogP contribution in [0.4, 0.5) is 13.2 Å². The van der Waals surface area contributed by atoms with Gasteiger partial charge in [-0.2, -0.15) is 13.2 Å². The first-order chi connectivity index (χ1) is 9.49. The van der Waals surface area contributed by atoms with Gasteiger partial charge in [-0.15, -0.1) is 0 Å². The molecule has 0 aliphatic carbocycles. The summed E-state index contributed by atoms with van der Waals surface area (Å²) in [5, 5.41) is 3.29. The van der Waals surface area contributed by atoms with Gasteiger partial charge in [-0.1, -0.05) is 6.92 Å². The molecular formula is C13H16F3NO2S. The highest BCUT2D eigenvalue weighted by molar-refractivity contribution is 8.00. The molecule has 1 N–H and O–H groups in total. The van der Waals surface area contributed by atoms with E-state index in [1.54, 1.807) is 12.1 Å². The molecule has 0 aromatic heterocycles. The van der Waals surface area contributed by atoms with Crippen molar-refractivity contribution in [1.82, 2.24) is 5.32 Å². The Kier molecular flexibility index (Phi) is 5.04. The first-order valence-electron chi connectivity index (χ1n) is 6.33. The van der Waals surface area contributed by atoms with E-state index in [1.807, 2.05) is 13.0 Å². The summed E-state index contributed by atoms with van der Waals surface area (Å²) in [5.41, 5.74) is -3.15. The van der Waals surface area contributed by atoms with Crippen LogP contribution in [0.1, 0.15) is 18.5 Å². The number of fused-ring (bicyclic) bond motifs is 1. The predicted octanol–water partition coefficient (Wildman–Crippen LogP) is 3.36. The maximum absolute atomic E-state index is 12.0. The summed E-state index contributed by atoms with van der Waals surface area (Å²) < 4.78 is 46.7. The van der Waals surface area contributed by atoms with Gasteiger partial charge in [0, 0.05) is 17.4 Å². The number of thioether (sulfide) groups is 1. The molecule has 0 radical (unpaired) electrons. The maximum Gasteiger partial charge on any atom is 0.441 e. The molecular weight excluding hydrogens is 291 g/mol. The summed E-state index contributed by atoms with van der Waals surface area (Å²) in [6, 6.07) is 5.55. The van der Waals surface area contributed by atoms with Crippen molar-refractivity contribution in [3.8, 4) is 11.5 Å². The van der Waals surface area contributed by atoms with Gasteiger partial charge in [0.25, 0.3) is 0 Å². The largest absolute Gasteiger partial charge is 0.493 e. The fraction of sp³-hybridized carbons (Fsp3) is 0.538. The second-order valence-electron chi connectivity index (χ2n) is 4.26. The molecule has 0 fully saturated rings. The third kappa shape index (κ3) is 4.21. The van der Waals surface area contributed by atoms with Crippen molar-refractivity contribution in [3.63, 3.8) is 0 Å². The second-order valence-corrected chi connectivity index (χ2v) is 5.42. The lowest BCUT2D eigenvalue weighted by molar-refractivity contribution is -0.0329. The van der Waals surface area contributed by atoms with Crippen LogP contribution in [0.5, 0.6) is 11.5 Å². The molecule has 1 aliphatic rings. The first-order valence-corrected chi connectivity index (χ1v) is 7.32. The Balaban J connectivity index is 1.86. The molecule has 1 atom stereocenters. The highest BCUT2D eigenvalue weighted by Crippen LogP contribution is 2.35. The molecule has 0 amide bonds. The molecule has 0 saturated heterocycles. The standard InChI is InChI=1S/C13H16F3NO2S/c1-2-17-11-8-19-12-7-9(3-4-10(11)12)18-5-6-20-13(14,15)16/h3-4,7,11,17H,2,5-6,8H2,1H3. The van der Waals surface area contributed by atoms with Gasteiger partial charge in [-0.25, -0.2) is 0 Å². The Morgan fingerprint density at radius 2 is 2.25 bits per heavy atom. The topological polar surface area (TPSA) is 30.5 Å². The summed E-state index contributed by atoms with van der Waals surface area (Å²) >= 11 is -0.0810. The highest BCUT2D eigenvalue weighted by Gasteiger charge is 2.27. The molecule has 2 rings (SSSR count). The number of nitrogens with one attached hydrogen (secondary N) is 1. The lowest BCUT2D eigenvalue weighted by Gasteiger charge is -2.10. The summed E-state index contributed by atoms with van der Waals surface area (Å²) in [4.78, 5) is 0. The average molecular weight is 307 g/mol. The smallest absolute Gasteiger partial charge is 0.441 e. The third-order valence-corrected chi connectivity index (χ3v) is 3.53. The van der Waals surface area contributed by atoms with Gasteiger partial charge in [0.15, 0.2) is 0 Å². The number of hydrogen-bond donors (Lipinski definition) is 1. The van der Waals surface area contributed by atoms with Gasteiger partial charge in [-0.3, -0.25) is 0 Å². The fourth-order valence-corrected chi connectivity index (χ4v) is 2.41. The number of ether oxygens (including phenoxy) is 2. The van der Waals surface area contributed by atoms with Crippen LogP contribution in [0.2, 0.25) is 0 Å². The quantitative estimate of drug-likeness (QED) is 0.816. The minimum Gasteiger partial charge on any atom is -0.493 e. The van der Waals surface area contributed by atoms with Crippen LogP contribution in [0.3, 0.4) is 0 Å². The van der Waals surface area contributed by atoms with E-state index in [4.69, 9.17) is 9.47 Å². The van der Waals surface area contributed by atoms with Crippen molar-refractivity contribution in [2.75, 3.05) is 25.5 Å². The second kappa shape index (κ2) is 6.58. The number of halogens is 3. The first kappa shape index (κ1) is 15.3. The van der Waals surface area contributed by atoms with Crippen LogP contribution >= 0.6 is 11.8 Å². The minimum atomic E-state index is -4.20. The average Bonchev–Trinajstić information content (AvgIpc) is 2.77. The van der Waals surface area contributed by atoms with Gasteiger partial charge in [0.1, 0.15) is 18.1 Å². The molecule has 0 spiro atoms. The van der Waals surface area contributed by atoms with E-state index in [9.17, 15) is 13.2 Å². The number of alkyl halides is 3. The maximum atomic E-state index is 12.0. The molecule has 3 nitrogen and oxygen atoms in total. The van der Waals surface area contributed by atoms with Crippen LogP contribution in [0.15, 0.2) is 18.2 Å². The number of likely N-dealkylation sites (N-methyl/N-ethyl adjacent to an activating group) is 1. The molecule has 1 unspecified atom stereocenters. The monoisotopic (exact) mass is 307 g/mol. The zero-order valence-electron chi connectivity index (χ0n) is 11.0. The van der Waals surface area contributed by atoms with Gasteiger partial charge in [-0.05, 0) is 30.4 Å². The zero-order valence-corrected chi connectivity index (χ0v) is 11.8. The van der Waals surface area contributed by atoms with Crippen LogP contribution < -0.4 is 14.8 Å². The molecule has 1 heterocycles. The van der Waals surface area contributed by atoms with Crippen molar-refractivity contribution in [3.05, 3.63) is 23.8 Å². The SMILES string of the molecule is CCNC1COc2cc(OCCSC(F)(F)F)ccc21. The van der Waals surface area contributed by atoms with E-state index in [1.165, 1.54) is 0 Å². The third-order valence-electron chi connectivity index (χ3n) is 2.83. The zero-order chi connectivity index (χ0) is 14.6. The normalized spacial score (nSPS) is 17.7. The van der Waals surface area contributed by atoms with Crippen molar-refractivity contribution < 1.29 is 22.6 Å². The molecule has 0 bridgehead atoms. The summed E-state index contributed by atoms with van der Waals surface area (Å²) in [6.45, 7) is 3.45. The molecule has 0 saturated carbocycles. The van der Waals surface area contributed by atoms with Gasteiger partial charge in [0.2, 0.25) is 0 Å².